The lowest BCUT2D eigenvalue weighted by Gasteiger charge is -2.24. The second-order valence-corrected chi connectivity index (χ2v) is 23.2. The fourth-order valence-electron chi connectivity index (χ4n) is 8.78. The van der Waals surface area contributed by atoms with Crippen LogP contribution in [0.1, 0.15) is 284 Å². The normalized spacial score (nSPS) is 13.7. The molecule has 0 rings (SSSR count). The zero-order valence-corrected chi connectivity index (χ0v) is 48.6. The zero-order chi connectivity index (χ0) is 51.9. The van der Waals surface area contributed by atoms with Crippen molar-refractivity contribution in [3.05, 3.63) is 48.6 Å². The Morgan fingerprint density at radius 3 is 1.23 bits per heavy atom. The van der Waals surface area contributed by atoms with Crippen molar-refractivity contribution in [3.63, 3.8) is 0 Å². The number of rotatable bonds is 57. The topological polar surface area (TPSA) is 91.3 Å². The summed E-state index contributed by atoms with van der Waals surface area (Å²) in [6.07, 6.45) is 70.4. The number of esters is 1. The van der Waals surface area contributed by atoms with Crippen LogP contribution in [0, 0.1) is 0 Å². The smallest absolute Gasteiger partial charge is 0.457 e. The molecule has 0 aliphatic carbocycles. The lowest BCUT2D eigenvalue weighted by Crippen LogP contribution is -2.37. The molecule has 0 aromatic carbocycles. The van der Waals surface area contributed by atoms with Gasteiger partial charge in [-0.1, -0.05) is 274 Å². The molecule has 0 heterocycles. The molecule has 1 N–H and O–H groups in total. The third-order valence-corrected chi connectivity index (χ3v) is 14.4. The summed E-state index contributed by atoms with van der Waals surface area (Å²) in [7, 11) is 1.68. The molecular weight excluding hydrogens is 902 g/mol. The molecule has 0 amide bonds. The van der Waals surface area contributed by atoms with Gasteiger partial charge in [0, 0.05) is 13.0 Å². The number of phosphoric ester groups is 1. The molecule has 0 saturated heterocycles. The largest absolute Gasteiger partial charge is 0.472 e. The van der Waals surface area contributed by atoms with E-state index < -0.39 is 13.9 Å². The van der Waals surface area contributed by atoms with Crippen molar-refractivity contribution in [2.45, 2.75) is 290 Å². The Morgan fingerprint density at radius 2 is 0.817 bits per heavy atom. The third kappa shape index (κ3) is 59.2. The van der Waals surface area contributed by atoms with E-state index in [1.807, 2.05) is 21.1 Å². The SMILES string of the molecule is CC/C=C\C/C=C\C/C=C\C/C=C\CCCCCCCCCCCCCCCOCC(COP(=O)(O)OCC[N+](C)(C)C)OC(=O)CCCCCCCCCCCCCCCCCCCCCCCCC. The van der Waals surface area contributed by atoms with Gasteiger partial charge in [-0.25, -0.2) is 4.57 Å². The summed E-state index contributed by atoms with van der Waals surface area (Å²) in [5, 5.41) is 0. The van der Waals surface area contributed by atoms with E-state index in [-0.39, 0.29) is 25.8 Å². The number of likely N-dealkylation sites (N-methyl/N-ethyl adjacent to an activating group) is 1. The molecule has 0 aliphatic heterocycles. The van der Waals surface area contributed by atoms with E-state index in [9.17, 15) is 14.3 Å². The number of carbonyl (C=O) groups is 1. The van der Waals surface area contributed by atoms with Gasteiger partial charge in [-0.15, -0.1) is 0 Å². The monoisotopic (exact) mass is 1020 g/mol. The minimum atomic E-state index is -4.29. The van der Waals surface area contributed by atoms with Gasteiger partial charge in [0.2, 0.25) is 0 Å². The van der Waals surface area contributed by atoms with E-state index in [1.165, 1.54) is 205 Å². The molecule has 0 saturated carbocycles. The first kappa shape index (κ1) is 69.5. The number of quaternary nitrogens is 1. The Balaban J connectivity index is 4.01. The second kappa shape index (κ2) is 54.7. The Morgan fingerprint density at radius 1 is 0.451 bits per heavy atom. The van der Waals surface area contributed by atoms with E-state index >= 15 is 0 Å². The third-order valence-electron chi connectivity index (χ3n) is 13.4. The van der Waals surface area contributed by atoms with Gasteiger partial charge in [-0.3, -0.25) is 13.8 Å². The summed E-state index contributed by atoms with van der Waals surface area (Å²) in [6, 6.07) is 0. The molecule has 9 heteroatoms. The summed E-state index contributed by atoms with van der Waals surface area (Å²) in [4.78, 5) is 23.1. The van der Waals surface area contributed by atoms with Crippen molar-refractivity contribution in [2.24, 2.45) is 0 Å². The average molecular weight is 1020 g/mol. The highest BCUT2D eigenvalue weighted by molar-refractivity contribution is 7.47. The van der Waals surface area contributed by atoms with E-state index in [0.717, 1.165) is 57.8 Å². The fourth-order valence-corrected chi connectivity index (χ4v) is 9.53. The Hall–Kier alpha value is -1.54. The molecule has 0 bridgehead atoms. The standard InChI is InChI=1S/C62H118NO7P/c1-6-8-10-12-14-16-18-20-22-24-26-28-30-31-32-34-36-38-40-42-44-46-48-50-52-54-57-67-59-61(60-69-71(65,66)68-58-56-63(3,4)5)70-62(64)55-53-51-49-47-45-43-41-39-37-35-33-29-27-25-23-21-19-17-15-13-11-9-7-2/h8,10,14,16,20,22,26,28,61H,6-7,9,11-13,15,17-19,21,23-25,27,29-60H2,1-5H3/p+1/b10-8-,16-14-,22-20-,28-26-. The van der Waals surface area contributed by atoms with Crippen LogP contribution in [0.15, 0.2) is 48.6 Å². The predicted octanol–water partition coefficient (Wildman–Crippen LogP) is 19.4. The van der Waals surface area contributed by atoms with Crippen molar-refractivity contribution in [1.29, 1.82) is 0 Å². The molecule has 2 atom stereocenters. The van der Waals surface area contributed by atoms with E-state index in [2.05, 4.69) is 62.5 Å². The van der Waals surface area contributed by atoms with Crippen molar-refractivity contribution in [1.82, 2.24) is 0 Å². The van der Waals surface area contributed by atoms with Gasteiger partial charge >= 0.3 is 13.8 Å². The van der Waals surface area contributed by atoms with Crippen LogP contribution in [-0.2, 0) is 27.9 Å². The number of hydrogen-bond acceptors (Lipinski definition) is 6. The van der Waals surface area contributed by atoms with Gasteiger partial charge in [0.05, 0.1) is 34.4 Å². The van der Waals surface area contributed by atoms with Crippen LogP contribution in [0.3, 0.4) is 0 Å². The first-order chi connectivity index (χ1) is 34.6. The zero-order valence-electron chi connectivity index (χ0n) is 47.7. The maximum Gasteiger partial charge on any atom is 0.472 e. The van der Waals surface area contributed by atoms with Crippen LogP contribution >= 0.6 is 7.82 Å². The minimum Gasteiger partial charge on any atom is -0.457 e. The number of allylic oxidation sites excluding steroid dienone is 8. The minimum absolute atomic E-state index is 0.0897. The van der Waals surface area contributed by atoms with Crippen LogP contribution in [0.2, 0.25) is 0 Å². The Labute approximate surface area is 441 Å². The first-order valence-electron chi connectivity index (χ1n) is 30.4. The number of phosphoric acid groups is 1. The highest BCUT2D eigenvalue weighted by Crippen LogP contribution is 2.43. The van der Waals surface area contributed by atoms with Crippen molar-refractivity contribution in [2.75, 3.05) is 54.1 Å². The Kier molecular flexibility index (Phi) is 53.5. The first-order valence-corrected chi connectivity index (χ1v) is 31.9. The van der Waals surface area contributed by atoms with Gasteiger partial charge < -0.3 is 18.9 Å². The molecule has 0 aliphatic rings. The molecule has 0 aromatic heterocycles. The van der Waals surface area contributed by atoms with Crippen LogP contribution in [0.5, 0.6) is 0 Å². The number of nitrogens with zero attached hydrogens (tertiary/aromatic N) is 1. The summed E-state index contributed by atoms with van der Waals surface area (Å²) >= 11 is 0. The van der Waals surface area contributed by atoms with Crippen LogP contribution in [0.25, 0.3) is 0 Å². The summed E-state index contributed by atoms with van der Waals surface area (Å²) in [5.41, 5.74) is 0. The van der Waals surface area contributed by atoms with E-state index in [4.69, 9.17) is 18.5 Å². The van der Waals surface area contributed by atoms with Crippen LogP contribution in [0.4, 0.5) is 0 Å². The van der Waals surface area contributed by atoms with Crippen LogP contribution in [-0.4, -0.2) is 75.6 Å². The molecule has 71 heavy (non-hydrogen) atoms. The van der Waals surface area contributed by atoms with E-state index in [1.54, 1.807) is 0 Å². The fraction of sp³-hybridized carbons (Fsp3) is 0.855. The molecule has 418 valence electrons. The van der Waals surface area contributed by atoms with Crippen molar-refractivity contribution >= 4 is 13.8 Å². The molecule has 0 radical (unpaired) electrons. The highest BCUT2D eigenvalue weighted by Gasteiger charge is 2.26. The number of unbranched alkanes of at least 4 members (excludes halogenated alkanes) is 35. The summed E-state index contributed by atoms with van der Waals surface area (Å²) in [6.45, 7) is 5.57. The lowest BCUT2D eigenvalue weighted by molar-refractivity contribution is -0.870. The molecule has 0 aromatic rings. The molecule has 8 nitrogen and oxygen atoms in total. The van der Waals surface area contributed by atoms with Gasteiger partial charge in [0.25, 0.3) is 0 Å². The van der Waals surface area contributed by atoms with Gasteiger partial charge in [0.1, 0.15) is 19.3 Å². The quantitative estimate of drug-likeness (QED) is 0.0213. The van der Waals surface area contributed by atoms with Crippen molar-refractivity contribution in [3.8, 4) is 0 Å². The number of hydrogen-bond donors (Lipinski definition) is 1. The molecule has 0 spiro atoms. The van der Waals surface area contributed by atoms with Gasteiger partial charge in [-0.05, 0) is 51.4 Å². The molecular formula is C62H119NO7P+. The second-order valence-electron chi connectivity index (χ2n) is 21.7. The maximum absolute atomic E-state index is 12.8. The van der Waals surface area contributed by atoms with Gasteiger partial charge in [0.15, 0.2) is 0 Å². The molecule has 0 fully saturated rings. The Bertz CT molecular complexity index is 1280. The maximum atomic E-state index is 12.8. The highest BCUT2D eigenvalue weighted by atomic mass is 31.2. The van der Waals surface area contributed by atoms with Crippen molar-refractivity contribution < 1.29 is 37.3 Å². The lowest BCUT2D eigenvalue weighted by atomic mass is 10.0. The predicted molar refractivity (Wildman–Crippen MR) is 307 cm³/mol. The van der Waals surface area contributed by atoms with E-state index in [0.29, 0.717) is 24.1 Å². The van der Waals surface area contributed by atoms with Crippen LogP contribution < -0.4 is 0 Å². The van der Waals surface area contributed by atoms with Gasteiger partial charge in [-0.2, -0.15) is 0 Å². The summed E-state index contributed by atoms with van der Waals surface area (Å²) in [5.74, 6) is -0.307. The average Bonchev–Trinajstić information content (AvgIpc) is 3.33. The number of carbonyl (C=O) groups excluding carboxylic acids is 1. The number of ether oxygens (including phenoxy) is 2. The summed E-state index contributed by atoms with van der Waals surface area (Å²) < 4.78 is 35.3. The molecule has 2 unspecified atom stereocenters.